The summed E-state index contributed by atoms with van der Waals surface area (Å²) in [6.45, 7) is 1.53. The molecule has 1 saturated heterocycles. The molecule has 0 unspecified atom stereocenters. The molecule has 0 aliphatic carbocycles. The van der Waals surface area contributed by atoms with Gasteiger partial charge in [-0.25, -0.2) is 0 Å². The van der Waals surface area contributed by atoms with Crippen LogP contribution in [-0.4, -0.2) is 39.3 Å². The highest BCUT2D eigenvalue weighted by Crippen LogP contribution is 2.33. The van der Waals surface area contributed by atoms with E-state index in [2.05, 4.69) is 21.2 Å². The van der Waals surface area contributed by atoms with Gasteiger partial charge < -0.3 is 14.8 Å². The number of aliphatic hydroxyl groups excluding tert-OH is 1. The second-order valence-corrected chi connectivity index (χ2v) is 7.40. The van der Waals surface area contributed by atoms with Gasteiger partial charge in [-0.1, -0.05) is 30.3 Å². The number of hydrogen-bond acceptors (Lipinski definition) is 4. The second-order valence-electron chi connectivity index (χ2n) is 7.40. The Balaban J connectivity index is 1.54. The fraction of sp³-hybridized carbons (Fsp3) is 0.217. The van der Waals surface area contributed by atoms with E-state index in [1.165, 1.54) is 0 Å². The topological polar surface area (TPSA) is 91.0 Å². The van der Waals surface area contributed by atoms with Gasteiger partial charge in [0.05, 0.1) is 28.7 Å². The predicted molar refractivity (Wildman–Crippen MR) is 112 cm³/mol. The minimum Gasteiger partial charge on any atom is -0.515 e. The van der Waals surface area contributed by atoms with Gasteiger partial charge in [-0.2, -0.15) is 5.10 Å². The molecule has 6 heteroatoms. The molecule has 0 spiro atoms. The highest BCUT2D eigenvalue weighted by atomic mass is 16.5. The molecule has 2 aromatic heterocycles. The molecule has 4 aromatic rings. The Bertz CT molecular complexity index is 1210. The van der Waals surface area contributed by atoms with Crippen molar-refractivity contribution in [1.29, 1.82) is 0 Å². The molecule has 5 rings (SSSR count). The summed E-state index contributed by atoms with van der Waals surface area (Å²) in [5.41, 5.74) is 4.25. The number of Topliss-reactive ketones (excluding diaryl/α,β-unsaturated/α-hetero) is 1. The zero-order valence-corrected chi connectivity index (χ0v) is 15.8. The van der Waals surface area contributed by atoms with E-state index >= 15 is 0 Å². The maximum absolute atomic E-state index is 13.0. The fourth-order valence-corrected chi connectivity index (χ4v) is 4.10. The van der Waals surface area contributed by atoms with Crippen LogP contribution in [0, 0.1) is 0 Å². The third-order valence-electron chi connectivity index (χ3n) is 5.64. The van der Waals surface area contributed by atoms with Gasteiger partial charge in [0.15, 0.2) is 0 Å². The van der Waals surface area contributed by atoms with Gasteiger partial charge in [0, 0.05) is 35.4 Å². The number of hydrogen-bond donors (Lipinski definition) is 3. The van der Waals surface area contributed by atoms with Crippen molar-refractivity contribution < 1.29 is 14.6 Å². The highest BCUT2D eigenvalue weighted by Gasteiger charge is 2.22. The largest absolute Gasteiger partial charge is 0.515 e. The summed E-state index contributed by atoms with van der Waals surface area (Å²) in [4.78, 5) is 16.2. The number of aromatic nitrogens is 3. The first-order valence-electron chi connectivity index (χ1n) is 9.77. The number of rotatable bonds is 4. The van der Waals surface area contributed by atoms with Crippen LogP contribution in [0.3, 0.4) is 0 Å². The standard InChI is InChI=1S/C23H21N3O3/c27-13-18(14-4-2-1-3-5-14)23(28)21-11-16-10-17-20(12-19(16)24-21)25-26-22(17)15-6-8-29-9-7-15/h1-5,10-13,15,24,27H,6-9H2,(H,25,26)/b18-13+. The maximum atomic E-state index is 13.0. The number of benzene rings is 2. The molecule has 3 heterocycles. The molecular formula is C23H21N3O3. The molecular weight excluding hydrogens is 366 g/mol. The van der Waals surface area contributed by atoms with Crippen LogP contribution in [0.2, 0.25) is 0 Å². The normalized spacial score (nSPS) is 15.9. The van der Waals surface area contributed by atoms with Gasteiger partial charge >= 0.3 is 0 Å². The predicted octanol–water partition coefficient (Wildman–Crippen LogP) is 4.72. The van der Waals surface area contributed by atoms with Crippen molar-refractivity contribution >= 4 is 33.2 Å². The number of aliphatic hydroxyl groups is 1. The average molecular weight is 387 g/mol. The molecule has 0 bridgehead atoms. The molecule has 1 aliphatic heterocycles. The summed E-state index contributed by atoms with van der Waals surface area (Å²) < 4.78 is 5.47. The number of ether oxygens (including phenoxy) is 1. The zero-order chi connectivity index (χ0) is 19.8. The van der Waals surface area contributed by atoms with Crippen LogP contribution in [0.15, 0.2) is 54.8 Å². The Labute approximate surface area is 167 Å². The van der Waals surface area contributed by atoms with E-state index in [4.69, 9.17) is 4.74 Å². The molecule has 0 saturated carbocycles. The summed E-state index contributed by atoms with van der Waals surface area (Å²) in [6, 6.07) is 15.1. The van der Waals surface area contributed by atoms with Crippen LogP contribution in [-0.2, 0) is 4.74 Å². The van der Waals surface area contributed by atoms with Crippen LogP contribution < -0.4 is 0 Å². The number of H-pyrrole nitrogens is 2. The maximum Gasteiger partial charge on any atom is 0.212 e. The summed E-state index contributed by atoms with van der Waals surface area (Å²) in [7, 11) is 0. The molecule has 3 N–H and O–H groups in total. The minimum absolute atomic E-state index is 0.249. The molecule has 2 aromatic carbocycles. The van der Waals surface area contributed by atoms with Crippen LogP contribution in [0.25, 0.3) is 27.4 Å². The zero-order valence-electron chi connectivity index (χ0n) is 15.8. The van der Waals surface area contributed by atoms with Crippen LogP contribution in [0.1, 0.15) is 40.5 Å². The first-order chi connectivity index (χ1) is 14.2. The lowest BCUT2D eigenvalue weighted by Crippen LogP contribution is -2.14. The second kappa shape index (κ2) is 7.22. The lowest BCUT2D eigenvalue weighted by molar-refractivity contribution is 0.0847. The molecule has 1 fully saturated rings. The van der Waals surface area contributed by atoms with E-state index in [-0.39, 0.29) is 11.4 Å². The van der Waals surface area contributed by atoms with Gasteiger partial charge in [-0.15, -0.1) is 0 Å². The third-order valence-corrected chi connectivity index (χ3v) is 5.64. The number of nitrogens with zero attached hydrogens (tertiary/aromatic N) is 1. The summed E-state index contributed by atoms with van der Waals surface area (Å²) >= 11 is 0. The lowest BCUT2D eigenvalue weighted by Gasteiger charge is -2.20. The van der Waals surface area contributed by atoms with Crippen molar-refractivity contribution in [3.8, 4) is 0 Å². The van der Waals surface area contributed by atoms with Crippen molar-refractivity contribution in [2.45, 2.75) is 18.8 Å². The molecule has 0 atom stereocenters. The number of nitrogens with one attached hydrogen (secondary N) is 2. The molecule has 6 nitrogen and oxygen atoms in total. The Kier molecular flexibility index (Phi) is 4.41. The molecule has 1 aliphatic rings. The van der Waals surface area contributed by atoms with Gasteiger partial charge in [-0.05, 0) is 36.6 Å². The van der Waals surface area contributed by atoms with Crippen LogP contribution >= 0.6 is 0 Å². The van der Waals surface area contributed by atoms with E-state index in [1.54, 1.807) is 12.1 Å². The van der Waals surface area contributed by atoms with Gasteiger partial charge in [0.25, 0.3) is 0 Å². The van der Waals surface area contributed by atoms with Gasteiger partial charge in [0.1, 0.15) is 0 Å². The summed E-state index contributed by atoms with van der Waals surface area (Å²) in [5.74, 6) is 0.137. The number of ketones is 1. The fourth-order valence-electron chi connectivity index (χ4n) is 4.10. The number of carbonyl (C=O) groups excluding carboxylic acids is 1. The molecule has 146 valence electrons. The summed E-state index contributed by atoms with van der Waals surface area (Å²) in [5, 5.41) is 19.4. The molecule has 0 radical (unpaired) electrons. The van der Waals surface area contributed by atoms with Gasteiger partial charge in [-0.3, -0.25) is 9.89 Å². The first-order valence-corrected chi connectivity index (χ1v) is 9.77. The van der Waals surface area contributed by atoms with E-state index in [1.807, 2.05) is 30.3 Å². The van der Waals surface area contributed by atoms with Crippen molar-refractivity contribution in [3.63, 3.8) is 0 Å². The molecule has 0 amide bonds. The number of aromatic amines is 2. The Morgan fingerprint density at radius 1 is 1.10 bits per heavy atom. The van der Waals surface area contributed by atoms with E-state index in [9.17, 15) is 9.90 Å². The SMILES string of the molecule is O=C(/C(=C/O)c1ccccc1)c1cc2cc3c(C4CCOCC4)n[nH]c3cc2[nH]1. The highest BCUT2D eigenvalue weighted by molar-refractivity contribution is 6.28. The van der Waals surface area contributed by atoms with E-state index in [0.717, 1.165) is 59.8 Å². The lowest BCUT2D eigenvalue weighted by atomic mass is 9.94. The Morgan fingerprint density at radius 3 is 2.66 bits per heavy atom. The van der Waals surface area contributed by atoms with Crippen molar-refractivity contribution in [3.05, 3.63) is 71.7 Å². The minimum atomic E-state index is -0.249. The number of allylic oxidation sites excluding steroid dienone is 1. The Hall–Kier alpha value is -3.38. The first kappa shape index (κ1) is 17.7. The third kappa shape index (κ3) is 3.11. The monoisotopic (exact) mass is 387 g/mol. The van der Waals surface area contributed by atoms with Gasteiger partial charge in [0.2, 0.25) is 5.78 Å². The number of carbonyl (C=O) groups is 1. The van der Waals surface area contributed by atoms with Crippen LogP contribution in [0.4, 0.5) is 0 Å². The van der Waals surface area contributed by atoms with Crippen LogP contribution in [0.5, 0.6) is 0 Å². The summed E-state index contributed by atoms with van der Waals surface area (Å²) in [6.07, 6.45) is 2.81. The average Bonchev–Trinajstić information content (AvgIpc) is 3.37. The quantitative estimate of drug-likeness (QED) is 0.268. The number of fused-ring (bicyclic) bond motifs is 2. The van der Waals surface area contributed by atoms with Crippen molar-refractivity contribution in [2.24, 2.45) is 0 Å². The Morgan fingerprint density at radius 2 is 1.90 bits per heavy atom. The van der Waals surface area contributed by atoms with E-state index in [0.29, 0.717) is 17.2 Å². The molecule has 29 heavy (non-hydrogen) atoms. The van der Waals surface area contributed by atoms with Crippen molar-refractivity contribution in [1.82, 2.24) is 15.2 Å². The van der Waals surface area contributed by atoms with Crippen molar-refractivity contribution in [2.75, 3.05) is 13.2 Å². The smallest absolute Gasteiger partial charge is 0.212 e. The van der Waals surface area contributed by atoms with E-state index < -0.39 is 0 Å².